The number of amides is 2. The summed E-state index contributed by atoms with van der Waals surface area (Å²) in [4.78, 5) is 24.9. The molecule has 0 saturated heterocycles. The number of rotatable bonds is 6. The summed E-state index contributed by atoms with van der Waals surface area (Å²) in [7, 11) is 1.52. The van der Waals surface area contributed by atoms with Crippen LogP contribution in [0, 0.1) is 0 Å². The Labute approximate surface area is 171 Å². The van der Waals surface area contributed by atoms with Crippen molar-refractivity contribution in [2.24, 2.45) is 0 Å². The Balaban J connectivity index is 1.69. The first-order chi connectivity index (χ1) is 13.5. The smallest absolute Gasteiger partial charge is 0.259 e. The molecule has 142 valence electrons. The van der Waals surface area contributed by atoms with Crippen molar-refractivity contribution in [3.8, 4) is 5.75 Å². The number of halogens is 1. The lowest BCUT2D eigenvalue weighted by molar-refractivity contribution is -0.115. The summed E-state index contributed by atoms with van der Waals surface area (Å²) in [5, 5.41) is 5.69. The average molecular weight is 439 g/mol. The van der Waals surface area contributed by atoms with E-state index in [0.717, 1.165) is 10.0 Å². The van der Waals surface area contributed by atoms with Crippen LogP contribution in [0.25, 0.3) is 0 Å². The van der Waals surface area contributed by atoms with Gasteiger partial charge < -0.3 is 15.4 Å². The van der Waals surface area contributed by atoms with Crippen LogP contribution in [0.3, 0.4) is 0 Å². The van der Waals surface area contributed by atoms with Gasteiger partial charge in [0, 0.05) is 15.8 Å². The minimum atomic E-state index is -0.300. The molecule has 2 amide bonds. The molecule has 0 aliphatic rings. The molecular weight excluding hydrogens is 420 g/mol. The van der Waals surface area contributed by atoms with E-state index in [1.54, 1.807) is 42.5 Å². The number of nitrogens with one attached hydrogen (secondary N) is 2. The van der Waals surface area contributed by atoms with E-state index in [2.05, 4.69) is 26.6 Å². The van der Waals surface area contributed by atoms with Crippen molar-refractivity contribution in [2.45, 2.75) is 6.42 Å². The Morgan fingerprint density at radius 1 is 0.893 bits per heavy atom. The molecule has 0 aliphatic carbocycles. The molecule has 3 rings (SSSR count). The second-order valence-electron chi connectivity index (χ2n) is 6.09. The molecule has 28 heavy (non-hydrogen) atoms. The molecule has 3 aromatic carbocycles. The van der Waals surface area contributed by atoms with Gasteiger partial charge in [-0.2, -0.15) is 0 Å². The standard InChI is InChI=1S/C22H19BrN2O3/c1-28-20-11-10-16(23)13-19(20)22(27)25-18-9-5-8-17(14-18)24-21(26)12-15-6-3-2-4-7-15/h2-11,13-14H,12H2,1H3,(H,24,26)(H,25,27). The van der Waals surface area contributed by atoms with Gasteiger partial charge in [-0.3, -0.25) is 9.59 Å². The van der Waals surface area contributed by atoms with E-state index < -0.39 is 0 Å². The fourth-order valence-electron chi connectivity index (χ4n) is 2.72. The van der Waals surface area contributed by atoms with Crippen LogP contribution in [0.5, 0.6) is 5.75 Å². The Morgan fingerprint density at radius 3 is 2.32 bits per heavy atom. The third-order valence-electron chi connectivity index (χ3n) is 4.02. The SMILES string of the molecule is COc1ccc(Br)cc1C(=O)Nc1cccc(NC(=O)Cc2ccccc2)c1. The maximum Gasteiger partial charge on any atom is 0.259 e. The molecule has 0 radical (unpaired) electrons. The molecule has 5 nitrogen and oxygen atoms in total. The molecular formula is C22H19BrN2O3. The number of carbonyl (C=O) groups excluding carboxylic acids is 2. The van der Waals surface area contributed by atoms with Gasteiger partial charge in [-0.1, -0.05) is 52.3 Å². The molecule has 0 spiro atoms. The highest BCUT2D eigenvalue weighted by atomic mass is 79.9. The van der Waals surface area contributed by atoms with Gasteiger partial charge >= 0.3 is 0 Å². The average Bonchev–Trinajstić information content (AvgIpc) is 2.69. The van der Waals surface area contributed by atoms with E-state index in [1.165, 1.54) is 7.11 Å². The number of carbonyl (C=O) groups is 2. The molecule has 0 heterocycles. The zero-order valence-electron chi connectivity index (χ0n) is 15.2. The number of hydrogen-bond donors (Lipinski definition) is 2. The topological polar surface area (TPSA) is 67.4 Å². The predicted molar refractivity (Wildman–Crippen MR) is 114 cm³/mol. The van der Waals surface area contributed by atoms with Gasteiger partial charge in [-0.25, -0.2) is 0 Å². The first kappa shape index (κ1) is 19.6. The van der Waals surface area contributed by atoms with Crippen LogP contribution in [0.15, 0.2) is 77.3 Å². The number of hydrogen-bond acceptors (Lipinski definition) is 3. The molecule has 3 aromatic rings. The Morgan fingerprint density at radius 2 is 1.61 bits per heavy atom. The zero-order chi connectivity index (χ0) is 19.9. The minimum absolute atomic E-state index is 0.122. The van der Waals surface area contributed by atoms with Gasteiger partial charge in [-0.15, -0.1) is 0 Å². The van der Waals surface area contributed by atoms with Crippen molar-refractivity contribution >= 4 is 39.1 Å². The Hall–Kier alpha value is -3.12. The van der Waals surface area contributed by atoms with Crippen molar-refractivity contribution in [3.05, 3.63) is 88.4 Å². The number of ether oxygens (including phenoxy) is 1. The molecule has 0 fully saturated rings. The Bertz CT molecular complexity index is 990. The van der Waals surface area contributed by atoms with E-state index >= 15 is 0 Å². The van der Waals surface area contributed by atoms with Crippen molar-refractivity contribution in [1.82, 2.24) is 0 Å². The maximum absolute atomic E-state index is 12.6. The van der Waals surface area contributed by atoms with E-state index in [9.17, 15) is 9.59 Å². The van der Waals surface area contributed by atoms with Gasteiger partial charge in [-0.05, 0) is 42.0 Å². The summed E-state index contributed by atoms with van der Waals surface area (Å²) < 4.78 is 6.03. The highest BCUT2D eigenvalue weighted by Crippen LogP contribution is 2.24. The van der Waals surface area contributed by atoms with Crippen LogP contribution in [0.2, 0.25) is 0 Å². The van der Waals surface area contributed by atoms with Crippen molar-refractivity contribution in [1.29, 1.82) is 0 Å². The van der Waals surface area contributed by atoms with Gasteiger partial charge in [0.2, 0.25) is 5.91 Å². The number of anilines is 2. The van der Waals surface area contributed by atoms with Gasteiger partial charge in [0.1, 0.15) is 5.75 Å². The van der Waals surface area contributed by atoms with Gasteiger partial charge in [0.15, 0.2) is 0 Å². The Kier molecular flexibility index (Phi) is 6.45. The zero-order valence-corrected chi connectivity index (χ0v) is 16.8. The lowest BCUT2D eigenvalue weighted by Crippen LogP contribution is -2.15. The van der Waals surface area contributed by atoms with Gasteiger partial charge in [0.25, 0.3) is 5.91 Å². The van der Waals surface area contributed by atoms with E-state index in [-0.39, 0.29) is 18.2 Å². The largest absolute Gasteiger partial charge is 0.496 e. The summed E-state index contributed by atoms with van der Waals surface area (Å²) in [5.74, 6) is 0.0577. The molecule has 0 bridgehead atoms. The molecule has 0 saturated carbocycles. The fraction of sp³-hybridized carbons (Fsp3) is 0.0909. The minimum Gasteiger partial charge on any atom is -0.496 e. The van der Waals surface area contributed by atoms with Crippen LogP contribution >= 0.6 is 15.9 Å². The summed E-state index contributed by atoms with van der Waals surface area (Å²) in [6, 6.07) is 21.8. The van der Waals surface area contributed by atoms with Crippen LogP contribution < -0.4 is 15.4 Å². The van der Waals surface area contributed by atoms with Crippen LogP contribution in [-0.4, -0.2) is 18.9 Å². The fourth-order valence-corrected chi connectivity index (χ4v) is 3.08. The molecule has 2 N–H and O–H groups in total. The highest BCUT2D eigenvalue weighted by Gasteiger charge is 2.13. The normalized spacial score (nSPS) is 10.2. The van der Waals surface area contributed by atoms with E-state index in [0.29, 0.717) is 22.7 Å². The highest BCUT2D eigenvalue weighted by molar-refractivity contribution is 9.10. The second-order valence-corrected chi connectivity index (χ2v) is 7.01. The van der Waals surface area contributed by atoms with Crippen LogP contribution in [0.1, 0.15) is 15.9 Å². The third-order valence-corrected chi connectivity index (χ3v) is 4.51. The van der Waals surface area contributed by atoms with Crippen molar-refractivity contribution < 1.29 is 14.3 Å². The monoisotopic (exact) mass is 438 g/mol. The summed E-state index contributed by atoms with van der Waals surface area (Å²) in [5.41, 5.74) is 2.53. The van der Waals surface area contributed by atoms with E-state index in [1.807, 2.05) is 30.3 Å². The van der Waals surface area contributed by atoms with Crippen molar-refractivity contribution in [2.75, 3.05) is 17.7 Å². The second kappa shape index (κ2) is 9.19. The molecule has 0 aliphatic heterocycles. The lowest BCUT2D eigenvalue weighted by atomic mass is 10.1. The lowest BCUT2D eigenvalue weighted by Gasteiger charge is -2.11. The predicted octanol–water partition coefficient (Wildman–Crippen LogP) is 4.89. The first-order valence-corrected chi connectivity index (χ1v) is 9.43. The molecule has 0 aromatic heterocycles. The summed E-state index contributed by atoms with van der Waals surface area (Å²) in [6.07, 6.45) is 0.284. The van der Waals surface area contributed by atoms with Crippen LogP contribution in [0.4, 0.5) is 11.4 Å². The molecule has 0 atom stereocenters. The number of methoxy groups -OCH3 is 1. The number of benzene rings is 3. The molecule has 0 unspecified atom stereocenters. The maximum atomic E-state index is 12.6. The van der Waals surface area contributed by atoms with Crippen LogP contribution in [-0.2, 0) is 11.2 Å². The van der Waals surface area contributed by atoms with E-state index in [4.69, 9.17) is 4.74 Å². The summed E-state index contributed by atoms with van der Waals surface area (Å²) in [6.45, 7) is 0. The molecule has 6 heteroatoms. The quantitative estimate of drug-likeness (QED) is 0.575. The summed E-state index contributed by atoms with van der Waals surface area (Å²) >= 11 is 3.36. The van der Waals surface area contributed by atoms with Crippen molar-refractivity contribution in [3.63, 3.8) is 0 Å². The first-order valence-electron chi connectivity index (χ1n) is 8.64. The van der Waals surface area contributed by atoms with Gasteiger partial charge in [0.05, 0.1) is 19.1 Å². The third kappa shape index (κ3) is 5.20.